The number of hydrogen-bond acceptors (Lipinski definition) is 4. The van der Waals surface area contributed by atoms with Gasteiger partial charge in [0.15, 0.2) is 0 Å². The molecule has 0 bridgehead atoms. The smallest absolute Gasteiger partial charge is 0.282 e. The van der Waals surface area contributed by atoms with Crippen LogP contribution in [0, 0.1) is 20.8 Å². The highest BCUT2D eigenvalue weighted by Crippen LogP contribution is 2.35. The van der Waals surface area contributed by atoms with E-state index in [1.54, 1.807) is 0 Å². The van der Waals surface area contributed by atoms with E-state index in [9.17, 15) is 9.59 Å². The standard InChI is InChI=1S/C29H31N3O2/c1-6-31(7-2)24-16-14-23(15-17-24)30-27-26(22-12-9-19(3)10-13-22)28(33)32(29(27)34)25-18-20(4)8-11-21(25)5/h8-18,30H,6-7H2,1-5H3. The largest absolute Gasteiger partial charge is 0.372 e. The fourth-order valence-electron chi connectivity index (χ4n) is 4.30. The number of carbonyl (C=O) groups excluding carboxylic acids is 2. The van der Waals surface area contributed by atoms with Crippen molar-refractivity contribution in [2.75, 3.05) is 28.2 Å². The minimum absolute atomic E-state index is 0.297. The molecular weight excluding hydrogens is 422 g/mol. The molecular formula is C29H31N3O2. The molecule has 0 saturated carbocycles. The van der Waals surface area contributed by atoms with E-state index in [1.807, 2.05) is 87.5 Å². The molecule has 1 aliphatic heterocycles. The Balaban J connectivity index is 1.77. The summed E-state index contributed by atoms with van der Waals surface area (Å²) < 4.78 is 0. The Morgan fingerprint density at radius 2 is 1.38 bits per heavy atom. The predicted molar refractivity (Wildman–Crippen MR) is 140 cm³/mol. The van der Waals surface area contributed by atoms with Crippen LogP contribution < -0.4 is 15.1 Å². The van der Waals surface area contributed by atoms with E-state index in [4.69, 9.17) is 0 Å². The molecule has 5 heteroatoms. The first-order chi connectivity index (χ1) is 16.3. The van der Waals surface area contributed by atoms with Gasteiger partial charge in [-0.25, -0.2) is 4.90 Å². The van der Waals surface area contributed by atoms with Crippen molar-refractivity contribution in [2.45, 2.75) is 34.6 Å². The van der Waals surface area contributed by atoms with E-state index < -0.39 is 0 Å². The molecule has 4 rings (SSSR count). The zero-order chi connectivity index (χ0) is 24.4. The molecule has 0 aliphatic carbocycles. The number of benzene rings is 3. The van der Waals surface area contributed by atoms with Gasteiger partial charge in [-0.05, 0) is 81.6 Å². The van der Waals surface area contributed by atoms with Crippen molar-refractivity contribution in [1.29, 1.82) is 0 Å². The van der Waals surface area contributed by atoms with Gasteiger partial charge in [0.25, 0.3) is 11.8 Å². The minimum Gasteiger partial charge on any atom is -0.372 e. The van der Waals surface area contributed by atoms with Gasteiger partial charge in [-0.1, -0.05) is 42.0 Å². The molecule has 5 nitrogen and oxygen atoms in total. The highest BCUT2D eigenvalue weighted by atomic mass is 16.2. The maximum absolute atomic E-state index is 13.7. The highest BCUT2D eigenvalue weighted by Gasteiger charge is 2.40. The molecule has 3 aromatic rings. The molecule has 1 heterocycles. The summed E-state index contributed by atoms with van der Waals surface area (Å²) in [6.45, 7) is 12.0. The quantitative estimate of drug-likeness (QED) is 0.456. The Morgan fingerprint density at radius 1 is 0.765 bits per heavy atom. The van der Waals surface area contributed by atoms with Crippen molar-refractivity contribution in [1.82, 2.24) is 0 Å². The van der Waals surface area contributed by atoms with Crippen LogP contribution in [0.4, 0.5) is 17.1 Å². The Bertz CT molecular complexity index is 1250. The van der Waals surface area contributed by atoms with Crippen LogP contribution in [0.1, 0.15) is 36.1 Å². The third-order valence-corrected chi connectivity index (χ3v) is 6.29. The van der Waals surface area contributed by atoms with Crippen LogP contribution in [-0.2, 0) is 9.59 Å². The molecule has 0 unspecified atom stereocenters. The lowest BCUT2D eigenvalue weighted by atomic mass is 10.0. The lowest BCUT2D eigenvalue weighted by Crippen LogP contribution is -2.33. The second-order valence-corrected chi connectivity index (χ2v) is 8.70. The second-order valence-electron chi connectivity index (χ2n) is 8.70. The first-order valence-corrected chi connectivity index (χ1v) is 11.7. The Kier molecular flexibility index (Phi) is 6.55. The van der Waals surface area contributed by atoms with Gasteiger partial charge in [-0.3, -0.25) is 9.59 Å². The monoisotopic (exact) mass is 453 g/mol. The number of rotatable bonds is 7. The number of anilines is 3. The van der Waals surface area contributed by atoms with Gasteiger partial charge in [0, 0.05) is 24.5 Å². The summed E-state index contributed by atoms with van der Waals surface area (Å²) in [5.74, 6) is -0.660. The van der Waals surface area contributed by atoms with Gasteiger partial charge in [0.2, 0.25) is 0 Å². The van der Waals surface area contributed by atoms with Crippen molar-refractivity contribution >= 4 is 34.4 Å². The summed E-state index contributed by atoms with van der Waals surface area (Å²) in [5, 5.41) is 3.27. The van der Waals surface area contributed by atoms with E-state index in [0.717, 1.165) is 46.7 Å². The molecule has 0 atom stereocenters. The van der Waals surface area contributed by atoms with Crippen molar-refractivity contribution in [3.05, 3.63) is 94.7 Å². The van der Waals surface area contributed by atoms with E-state index in [2.05, 4.69) is 24.1 Å². The minimum atomic E-state index is -0.345. The Labute approximate surface area is 201 Å². The van der Waals surface area contributed by atoms with E-state index >= 15 is 0 Å². The number of nitrogens with one attached hydrogen (secondary N) is 1. The summed E-state index contributed by atoms with van der Waals surface area (Å²) in [6, 6.07) is 21.5. The van der Waals surface area contributed by atoms with Gasteiger partial charge >= 0.3 is 0 Å². The fourth-order valence-corrected chi connectivity index (χ4v) is 4.30. The fraction of sp³-hybridized carbons (Fsp3) is 0.241. The zero-order valence-corrected chi connectivity index (χ0v) is 20.5. The Morgan fingerprint density at radius 3 is 2.00 bits per heavy atom. The summed E-state index contributed by atoms with van der Waals surface area (Å²) in [6.07, 6.45) is 0. The number of aryl methyl sites for hydroxylation is 3. The number of nitrogens with zero attached hydrogens (tertiary/aromatic N) is 2. The van der Waals surface area contributed by atoms with Crippen molar-refractivity contribution < 1.29 is 9.59 Å². The molecule has 174 valence electrons. The van der Waals surface area contributed by atoms with Crippen molar-refractivity contribution in [3.63, 3.8) is 0 Å². The molecule has 2 amide bonds. The molecule has 3 aromatic carbocycles. The average Bonchev–Trinajstić information content (AvgIpc) is 3.07. The first-order valence-electron chi connectivity index (χ1n) is 11.7. The third kappa shape index (κ3) is 4.34. The van der Waals surface area contributed by atoms with Crippen molar-refractivity contribution in [3.8, 4) is 0 Å². The van der Waals surface area contributed by atoms with Gasteiger partial charge in [0.1, 0.15) is 5.70 Å². The molecule has 1 N–H and O–H groups in total. The second kappa shape index (κ2) is 9.56. The third-order valence-electron chi connectivity index (χ3n) is 6.29. The SMILES string of the molecule is CCN(CC)c1ccc(NC2=C(c3ccc(C)cc3)C(=O)N(c3cc(C)ccc3C)C2=O)cc1. The number of carbonyl (C=O) groups is 2. The van der Waals surface area contributed by atoms with Crippen LogP contribution in [-0.4, -0.2) is 24.9 Å². The van der Waals surface area contributed by atoms with E-state index in [0.29, 0.717) is 17.0 Å². The van der Waals surface area contributed by atoms with E-state index in [-0.39, 0.29) is 11.8 Å². The first kappa shape index (κ1) is 23.3. The van der Waals surface area contributed by atoms with Crippen LogP contribution in [0.3, 0.4) is 0 Å². The summed E-state index contributed by atoms with van der Waals surface area (Å²) in [4.78, 5) is 30.9. The highest BCUT2D eigenvalue weighted by molar-refractivity contribution is 6.46. The number of imide groups is 1. The van der Waals surface area contributed by atoms with Gasteiger partial charge in [-0.15, -0.1) is 0 Å². The Hall–Kier alpha value is -3.86. The molecule has 0 aromatic heterocycles. The molecule has 0 fully saturated rings. The zero-order valence-electron chi connectivity index (χ0n) is 20.5. The summed E-state index contributed by atoms with van der Waals surface area (Å²) >= 11 is 0. The molecule has 0 saturated heterocycles. The van der Waals surface area contributed by atoms with Gasteiger partial charge < -0.3 is 10.2 Å². The van der Waals surface area contributed by atoms with Crippen LogP contribution in [0.15, 0.2) is 72.4 Å². The molecule has 34 heavy (non-hydrogen) atoms. The van der Waals surface area contributed by atoms with Crippen LogP contribution in [0.5, 0.6) is 0 Å². The van der Waals surface area contributed by atoms with Gasteiger partial charge in [-0.2, -0.15) is 0 Å². The topological polar surface area (TPSA) is 52.7 Å². The summed E-state index contributed by atoms with van der Waals surface area (Å²) in [7, 11) is 0. The van der Waals surface area contributed by atoms with Crippen LogP contribution in [0.25, 0.3) is 5.57 Å². The van der Waals surface area contributed by atoms with Crippen LogP contribution in [0.2, 0.25) is 0 Å². The number of hydrogen-bond donors (Lipinski definition) is 1. The normalized spacial score (nSPS) is 13.6. The molecule has 1 aliphatic rings. The van der Waals surface area contributed by atoms with Crippen LogP contribution >= 0.6 is 0 Å². The molecule has 0 spiro atoms. The maximum atomic E-state index is 13.7. The predicted octanol–water partition coefficient (Wildman–Crippen LogP) is 5.85. The molecule has 0 radical (unpaired) electrons. The number of amides is 2. The average molecular weight is 454 g/mol. The van der Waals surface area contributed by atoms with Gasteiger partial charge in [0.05, 0.1) is 11.3 Å². The lowest BCUT2D eigenvalue weighted by Gasteiger charge is -2.21. The van der Waals surface area contributed by atoms with Crippen molar-refractivity contribution in [2.24, 2.45) is 0 Å². The lowest BCUT2D eigenvalue weighted by molar-refractivity contribution is -0.120. The van der Waals surface area contributed by atoms with E-state index in [1.165, 1.54) is 4.90 Å². The maximum Gasteiger partial charge on any atom is 0.282 e. The summed E-state index contributed by atoms with van der Waals surface area (Å²) in [5.41, 5.74) is 6.87.